The Morgan fingerprint density at radius 1 is 1.56 bits per heavy atom. The Balaban J connectivity index is 2.15. The SMILES string of the molecule is CCNC(C)c1ccc(N2CCC(O)C2)c(F)c1. The summed E-state index contributed by atoms with van der Waals surface area (Å²) in [5.41, 5.74) is 1.55. The molecule has 0 radical (unpaired) electrons. The lowest BCUT2D eigenvalue weighted by molar-refractivity contribution is 0.198. The maximum atomic E-state index is 14.1. The van der Waals surface area contributed by atoms with Crippen molar-refractivity contribution in [3.63, 3.8) is 0 Å². The summed E-state index contributed by atoms with van der Waals surface area (Å²) < 4.78 is 14.1. The van der Waals surface area contributed by atoms with E-state index in [1.807, 2.05) is 30.9 Å². The average Bonchev–Trinajstić information content (AvgIpc) is 2.76. The lowest BCUT2D eigenvalue weighted by atomic mass is 10.1. The van der Waals surface area contributed by atoms with Gasteiger partial charge in [0, 0.05) is 19.1 Å². The van der Waals surface area contributed by atoms with Crippen molar-refractivity contribution in [1.29, 1.82) is 0 Å². The molecule has 1 aliphatic heterocycles. The Bertz CT molecular complexity index is 411. The van der Waals surface area contributed by atoms with Gasteiger partial charge in [0.15, 0.2) is 0 Å². The van der Waals surface area contributed by atoms with Crippen LogP contribution >= 0.6 is 0 Å². The van der Waals surface area contributed by atoms with Gasteiger partial charge in [0.2, 0.25) is 0 Å². The van der Waals surface area contributed by atoms with E-state index in [9.17, 15) is 9.50 Å². The van der Waals surface area contributed by atoms with E-state index < -0.39 is 0 Å². The highest BCUT2D eigenvalue weighted by molar-refractivity contribution is 5.50. The number of rotatable bonds is 4. The van der Waals surface area contributed by atoms with Gasteiger partial charge in [0.05, 0.1) is 11.8 Å². The summed E-state index contributed by atoms with van der Waals surface area (Å²) in [6.07, 6.45) is 0.388. The molecule has 100 valence electrons. The molecule has 1 saturated heterocycles. The van der Waals surface area contributed by atoms with Gasteiger partial charge in [-0.15, -0.1) is 0 Å². The minimum absolute atomic E-state index is 0.155. The monoisotopic (exact) mass is 252 g/mol. The first-order valence-electron chi connectivity index (χ1n) is 6.57. The van der Waals surface area contributed by atoms with Crippen molar-refractivity contribution in [1.82, 2.24) is 5.32 Å². The zero-order valence-electron chi connectivity index (χ0n) is 11.0. The Morgan fingerprint density at radius 3 is 2.89 bits per heavy atom. The van der Waals surface area contributed by atoms with Gasteiger partial charge >= 0.3 is 0 Å². The zero-order valence-corrected chi connectivity index (χ0v) is 11.0. The zero-order chi connectivity index (χ0) is 13.1. The second kappa shape index (κ2) is 5.67. The van der Waals surface area contributed by atoms with Crippen molar-refractivity contribution in [2.24, 2.45) is 0 Å². The normalized spacial score (nSPS) is 21.3. The number of nitrogens with one attached hydrogen (secondary N) is 1. The van der Waals surface area contributed by atoms with Crippen LogP contribution in [0.5, 0.6) is 0 Å². The summed E-state index contributed by atoms with van der Waals surface area (Å²) in [4.78, 5) is 1.90. The lowest BCUT2D eigenvalue weighted by Gasteiger charge is -2.20. The van der Waals surface area contributed by atoms with E-state index in [1.165, 1.54) is 0 Å². The largest absolute Gasteiger partial charge is 0.391 e. The van der Waals surface area contributed by atoms with Crippen LogP contribution in [-0.4, -0.2) is 30.8 Å². The van der Waals surface area contributed by atoms with Gasteiger partial charge in [-0.3, -0.25) is 0 Å². The molecule has 1 aromatic carbocycles. The molecule has 0 spiro atoms. The maximum Gasteiger partial charge on any atom is 0.146 e. The molecule has 1 heterocycles. The fourth-order valence-corrected chi connectivity index (χ4v) is 2.43. The number of hydrogen-bond acceptors (Lipinski definition) is 3. The third kappa shape index (κ3) is 2.82. The highest BCUT2D eigenvalue weighted by Gasteiger charge is 2.22. The van der Waals surface area contributed by atoms with Crippen LogP contribution in [0.25, 0.3) is 0 Å². The minimum Gasteiger partial charge on any atom is -0.391 e. The molecule has 2 atom stereocenters. The third-order valence-electron chi connectivity index (χ3n) is 3.49. The van der Waals surface area contributed by atoms with E-state index in [-0.39, 0.29) is 18.0 Å². The number of hydrogen-bond donors (Lipinski definition) is 2. The molecule has 3 nitrogen and oxygen atoms in total. The van der Waals surface area contributed by atoms with Crippen LogP contribution in [0.3, 0.4) is 0 Å². The van der Waals surface area contributed by atoms with Crippen molar-refractivity contribution >= 4 is 5.69 Å². The number of halogens is 1. The van der Waals surface area contributed by atoms with Crippen LogP contribution in [0.1, 0.15) is 31.9 Å². The number of aliphatic hydroxyl groups is 1. The Labute approximate surface area is 108 Å². The molecule has 0 bridgehead atoms. The van der Waals surface area contributed by atoms with Crippen molar-refractivity contribution < 1.29 is 9.50 Å². The van der Waals surface area contributed by atoms with E-state index in [0.29, 0.717) is 12.2 Å². The third-order valence-corrected chi connectivity index (χ3v) is 3.49. The molecule has 4 heteroatoms. The highest BCUT2D eigenvalue weighted by atomic mass is 19.1. The van der Waals surface area contributed by atoms with Crippen LogP contribution < -0.4 is 10.2 Å². The number of β-amino-alcohol motifs (C(OH)–C–C–N with tert-alkyl or cyclic N) is 1. The predicted molar refractivity (Wildman–Crippen MR) is 71.3 cm³/mol. The van der Waals surface area contributed by atoms with Crippen LogP contribution in [0.2, 0.25) is 0 Å². The second-order valence-electron chi connectivity index (χ2n) is 4.88. The van der Waals surface area contributed by atoms with Gasteiger partial charge in [0.25, 0.3) is 0 Å². The molecule has 1 fully saturated rings. The fraction of sp³-hybridized carbons (Fsp3) is 0.571. The smallest absolute Gasteiger partial charge is 0.146 e. The summed E-state index contributed by atoms with van der Waals surface area (Å²) >= 11 is 0. The van der Waals surface area contributed by atoms with E-state index in [0.717, 1.165) is 25.1 Å². The van der Waals surface area contributed by atoms with Crippen LogP contribution in [0, 0.1) is 5.82 Å². The fourth-order valence-electron chi connectivity index (χ4n) is 2.43. The first kappa shape index (κ1) is 13.3. The molecule has 18 heavy (non-hydrogen) atoms. The topological polar surface area (TPSA) is 35.5 Å². The van der Waals surface area contributed by atoms with Crippen molar-refractivity contribution in [2.45, 2.75) is 32.4 Å². The summed E-state index contributed by atoms with van der Waals surface area (Å²) in [5.74, 6) is -0.202. The van der Waals surface area contributed by atoms with Gasteiger partial charge in [-0.1, -0.05) is 13.0 Å². The number of aliphatic hydroxyl groups excluding tert-OH is 1. The van der Waals surface area contributed by atoms with Crippen LogP contribution in [0.4, 0.5) is 10.1 Å². The molecule has 2 unspecified atom stereocenters. The Hall–Kier alpha value is -1.13. The first-order valence-corrected chi connectivity index (χ1v) is 6.57. The number of benzene rings is 1. The molecule has 1 aromatic rings. The molecule has 0 amide bonds. The van der Waals surface area contributed by atoms with E-state index >= 15 is 0 Å². The summed E-state index contributed by atoms with van der Waals surface area (Å²) in [7, 11) is 0. The van der Waals surface area contributed by atoms with Crippen LogP contribution in [0.15, 0.2) is 18.2 Å². The van der Waals surface area contributed by atoms with Crippen molar-refractivity contribution in [3.05, 3.63) is 29.6 Å². The molecule has 0 saturated carbocycles. The molecule has 2 N–H and O–H groups in total. The molecule has 0 aromatic heterocycles. The van der Waals surface area contributed by atoms with Gasteiger partial charge in [-0.25, -0.2) is 4.39 Å². The minimum atomic E-state index is -0.329. The van der Waals surface area contributed by atoms with Crippen molar-refractivity contribution in [3.8, 4) is 0 Å². The molecular formula is C14H21FN2O. The predicted octanol–water partition coefficient (Wildman–Crippen LogP) is 2.07. The van der Waals surface area contributed by atoms with E-state index in [4.69, 9.17) is 0 Å². The highest BCUT2D eigenvalue weighted by Crippen LogP contribution is 2.26. The second-order valence-corrected chi connectivity index (χ2v) is 4.88. The maximum absolute atomic E-state index is 14.1. The number of nitrogens with zero attached hydrogens (tertiary/aromatic N) is 1. The Kier molecular flexibility index (Phi) is 4.19. The molecular weight excluding hydrogens is 231 g/mol. The van der Waals surface area contributed by atoms with Gasteiger partial charge in [0.1, 0.15) is 5.82 Å². The Morgan fingerprint density at radius 2 is 2.33 bits per heavy atom. The van der Waals surface area contributed by atoms with Crippen LogP contribution in [-0.2, 0) is 0 Å². The number of anilines is 1. The van der Waals surface area contributed by atoms with E-state index in [2.05, 4.69) is 5.32 Å². The molecule has 2 rings (SSSR count). The van der Waals surface area contributed by atoms with Gasteiger partial charge in [-0.2, -0.15) is 0 Å². The quantitative estimate of drug-likeness (QED) is 0.861. The average molecular weight is 252 g/mol. The summed E-state index contributed by atoms with van der Waals surface area (Å²) in [5, 5.41) is 12.8. The van der Waals surface area contributed by atoms with Gasteiger partial charge < -0.3 is 15.3 Å². The van der Waals surface area contributed by atoms with Crippen molar-refractivity contribution in [2.75, 3.05) is 24.5 Å². The first-order chi connectivity index (χ1) is 8.61. The van der Waals surface area contributed by atoms with Gasteiger partial charge in [-0.05, 0) is 37.6 Å². The van der Waals surface area contributed by atoms with E-state index in [1.54, 1.807) is 6.07 Å². The standard InChI is InChI=1S/C14H21FN2O/c1-3-16-10(2)11-4-5-14(13(15)8-11)17-7-6-12(18)9-17/h4-5,8,10,12,16,18H,3,6-7,9H2,1-2H3. The lowest BCUT2D eigenvalue weighted by Crippen LogP contribution is -2.23. The summed E-state index contributed by atoms with van der Waals surface area (Å²) in [6, 6.07) is 5.52. The molecule has 0 aliphatic carbocycles. The molecule has 1 aliphatic rings. The summed E-state index contributed by atoms with van der Waals surface area (Å²) in [6.45, 7) is 6.17.